The van der Waals surface area contributed by atoms with Crippen molar-refractivity contribution in [1.82, 2.24) is 14.5 Å². The molecule has 182 valence electrons. The molecule has 0 fully saturated rings. The summed E-state index contributed by atoms with van der Waals surface area (Å²) in [4.78, 5) is 40.0. The van der Waals surface area contributed by atoms with Crippen LogP contribution in [0.3, 0.4) is 0 Å². The second kappa shape index (κ2) is 10.8. The summed E-state index contributed by atoms with van der Waals surface area (Å²) in [5.41, 5.74) is 1.13. The van der Waals surface area contributed by atoms with Crippen LogP contribution in [0.4, 0.5) is 0 Å². The number of hydrogen-bond donors (Lipinski definition) is 1. The van der Waals surface area contributed by atoms with E-state index in [1.807, 2.05) is 44.2 Å². The molecule has 0 saturated heterocycles. The molecule has 2 aromatic rings. The summed E-state index contributed by atoms with van der Waals surface area (Å²) in [5, 5.41) is 2.85. The van der Waals surface area contributed by atoms with Gasteiger partial charge in [0.05, 0.1) is 5.56 Å². The minimum atomic E-state index is -3.99. The molecule has 8 nitrogen and oxygen atoms in total. The van der Waals surface area contributed by atoms with Gasteiger partial charge >= 0.3 is 0 Å². The van der Waals surface area contributed by atoms with E-state index in [2.05, 4.69) is 5.32 Å². The van der Waals surface area contributed by atoms with Crippen LogP contribution >= 0.6 is 0 Å². The van der Waals surface area contributed by atoms with Gasteiger partial charge in [0.25, 0.3) is 15.9 Å². The highest BCUT2D eigenvalue weighted by atomic mass is 32.2. The SMILES string of the molecule is CC(C)CNC(=O)[C@H](C)N(CCc1ccccc1)C(=O)CCN1C(=O)c2ccccc2S1(=O)=O. The number of carbonyl (C=O) groups excluding carboxylic acids is 3. The first-order valence-electron chi connectivity index (χ1n) is 11.4. The van der Waals surface area contributed by atoms with Crippen LogP contribution in [-0.2, 0) is 26.0 Å². The third-order valence-corrected chi connectivity index (χ3v) is 7.62. The Morgan fingerprint density at radius 2 is 1.65 bits per heavy atom. The molecule has 3 rings (SSSR count). The topological polar surface area (TPSA) is 104 Å². The number of nitrogens with zero attached hydrogens (tertiary/aromatic N) is 2. The van der Waals surface area contributed by atoms with E-state index < -0.39 is 22.0 Å². The molecule has 1 atom stereocenters. The molecule has 0 saturated carbocycles. The van der Waals surface area contributed by atoms with E-state index in [4.69, 9.17) is 0 Å². The molecule has 34 heavy (non-hydrogen) atoms. The summed E-state index contributed by atoms with van der Waals surface area (Å²) in [6.07, 6.45) is 0.330. The normalized spacial score (nSPS) is 15.2. The molecule has 2 aromatic carbocycles. The van der Waals surface area contributed by atoms with Crippen LogP contribution in [0, 0.1) is 5.92 Å². The Morgan fingerprint density at radius 3 is 2.29 bits per heavy atom. The van der Waals surface area contributed by atoms with Crippen LogP contribution in [-0.4, -0.2) is 61.0 Å². The molecule has 1 aliphatic heterocycles. The minimum absolute atomic E-state index is 0.0465. The molecule has 1 aliphatic rings. The van der Waals surface area contributed by atoms with Gasteiger partial charge in [0.2, 0.25) is 11.8 Å². The predicted octanol–water partition coefficient (Wildman–Crippen LogP) is 2.45. The molecule has 3 amide bonds. The van der Waals surface area contributed by atoms with E-state index in [0.717, 1.165) is 9.87 Å². The van der Waals surface area contributed by atoms with Crippen LogP contribution in [0.25, 0.3) is 0 Å². The van der Waals surface area contributed by atoms with Crippen molar-refractivity contribution in [3.8, 4) is 0 Å². The Bertz CT molecular complexity index is 1150. The number of rotatable bonds is 10. The molecule has 0 aliphatic carbocycles. The van der Waals surface area contributed by atoms with Crippen LogP contribution in [0.1, 0.15) is 43.1 Å². The van der Waals surface area contributed by atoms with Gasteiger partial charge in [-0.05, 0) is 37.0 Å². The summed E-state index contributed by atoms with van der Waals surface area (Å²) in [6, 6.07) is 14.9. The molecule has 0 bridgehead atoms. The number of benzene rings is 2. The highest BCUT2D eigenvalue weighted by Crippen LogP contribution is 2.30. The van der Waals surface area contributed by atoms with Crippen LogP contribution in [0.5, 0.6) is 0 Å². The van der Waals surface area contributed by atoms with E-state index in [9.17, 15) is 22.8 Å². The molecule has 0 radical (unpaired) electrons. The Hall–Kier alpha value is -3.20. The van der Waals surface area contributed by atoms with Gasteiger partial charge in [-0.1, -0.05) is 56.3 Å². The van der Waals surface area contributed by atoms with E-state index >= 15 is 0 Å². The summed E-state index contributed by atoms with van der Waals surface area (Å²) in [7, 11) is -3.99. The Kier molecular flexibility index (Phi) is 8.09. The summed E-state index contributed by atoms with van der Waals surface area (Å²) >= 11 is 0. The maximum atomic E-state index is 13.2. The van der Waals surface area contributed by atoms with Crippen molar-refractivity contribution in [2.24, 2.45) is 5.92 Å². The third-order valence-electron chi connectivity index (χ3n) is 5.78. The maximum absolute atomic E-state index is 13.2. The van der Waals surface area contributed by atoms with Gasteiger partial charge in [0.1, 0.15) is 10.9 Å². The van der Waals surface area contributed by atoms with Crippen molar-refractivity contribution in [3.05, 3.63) is 65.7 Å². The third kappa shape index (κ3) is 5.64. The van der Waals surface area contributed by atoms with Crippen molar-refractivity contribution in [2.45, 2.75) is 44.6 Å². The number of hydrogen-bond acceptors (Lipinski definition) is 5. The van der Waals surface area contributed by atoms with Crippen LogP contribution in [0.2, 0.25) is 0 Å². The fourth-order valence-electron chi connectivity index (χ4n) is 3.82. The molecule has 0 spiro atoms. The first kappa shape index (κ1) is 25.4. The maximum Gasteiger partial charge on any atom is 0.269 e. The highest BCUT2D eigenvalue weighted by molar-refractivity contribution is 7.90. The molecule has 0 unspecified atom stereocenters. The lowest BCUT2D eigenvalue weighted by Crippen LogP contribution is -2.50. The first-order valence-corrected chi connectivity index (χ1v) is 12.8. The average Bonchev–Trinajstić information content (AvgIpc) is 3.01. The Balaban J connectivity index is 1.72. The molecule has 1 heterocycles. The van der Waals surface area contributed by atoms with Gasteiger partial charge in [0.15, 0.2) is 0 Å². The van der Waals surface area contributed by atoms with E-state index in [0.29, 0.717) is 19.5 Å². The molecule has 1 N–H and O–H groups in total. The smallest absolute Gasteiger partial charge is 0.269 e. The largest absolute Gasteiger partial charge is 0.354 e. The zero-order chi connectivity index (χ0) is 24.9. The minimum Gasteiger partial charge on any atom is -0.354 e. The van der Waals surface area contributed by atoms with Crippen molar-refractivity contribution in [2.75, 3.05) is 19.6 Å². The summed E-state index contributed by atoms with van der Waals surface area (Å²) in [5.74, 6) is -1.03. The quantitative estimate of drug-likeness (QED) is 0.557. The monoisotopic (exact) mass is 485 g/mol. The zero-order valence-electron chi connectivity index (χ0n) is 19.7. The van der Waals surface area contributed by atoms with E-state index in [1.54, 1.807) is 19.1 Å². The number of carbonyl (C=O) groups is 3. The number of sulfonamides is 1. The number of fused-ring (bicyclic) bond motifs is 1. The second-order valence-corrected chi connectivity index (χ2v) is 10.6. The van der Waals surface area contributed by atoms with E-state index in [1.165, 1.54) is 17.0 Å². The van der Waals surface area contributed by atoms with E-state index in [-0.39, 0.29) is 41.2 Å². The lowest BCUT2D eigenvalue weighted by molar-refractivity contribution is -0.140. The van der Waals surface area contributed by atoms with Gasteiger partial charge in [0, 0.05) is 26.1 Å². The molecule has 0 aromatic heterocycles. The van der Waals surface area contributed by atoms with Gasteiger partial charge in [-0.15, -0.1) is 0 Å². The van der Waals surface area contributed by atoms with Gasteiger partial charge in [-0.25, -0.2) is 12.7 Å². The van der Waals surface area contributed by atoms with Crippen molar-refractivity contribution in [3.63, 3.8) is 0 Å². The van der Waals surface area contributed by atoms with Crippen LogP contribution in [0.15, 0.2) is 59.5 Å². The fourth-order valence-corrected chi connectivity index (χ4v) is 5.39. The molecule has 9 heteroatoms. The fraction of sp³-hybridized carbons (Fsp3) is 0.400. The van der Waals surface area contributed by atoms with Gasteiger partial charge in [-0.3, -0.25) is 14.4 Å². The molecular weight excluding hydrogens is 454 g/mol. The lowest BCUT2D eigenvalue weighted by Gasteiger charge is -2.29. The van der Waals surface area contributed by atoms with Gasteiger partial charge in [-0.2, -0.15) is 0 Å². The summed E-state index contributed by atoms with van der Waals surface area (Å²) < 4.78 is 26.3. The Morgan fingerprint density at radius 1 is 1.00 bits per heavy atom. The Labute approximate surface area is 201 Å². The predicted molar refractivity (Wildman–Crippen MR) is 128 cm³/mol. The second-order valence-electron chi connectivity index (χ2n) is 8.77. The lowest BCUT2D eigenvalue weighted by atomic mass is 10.1. The zero-order valence-corrected chi connectivity index (χ0v) is 20.5. The molecular formula is C25H31N3O5S. The van der Waals surface area contributed by atoms with Crippen molar-refractivity contribution in [1.29, 1.82) is 0 Å². The van der Waals surface area contributed by atoms with Crippen LogP contribution < -0.4 is 5.32 Å². The van der Waals surface area contributed by atoms with Crippen molar-refractivity contribution < 1.29 is 22.8 Å². The summed E-state index contributed by atoms with van der Waals surface area (Å²) in [6.45, 7) is 6.12. The standard InChI is InChI=1S/C25H31N3O5S/c1-18(2)17-26-24(30)19(3)27(15-13-20-9-5-4-6-10-20)23(29)14-16-28-25(31)21-11-7-8-12-22(21)34(28,32)33/h4-12,18-19H,13-17H2,1-3H3,(H,26,30)/t19-/m0/s1. The number of nitrogens with one attached hydrogen (secondary N) is 1. The first-order chi connectivity index (χ1) is 16.1. The number of amides is 3. The van der Waals surface area contributed by atoms with Gasteiger partial charge < -0.3 is 10.2 Å². The highest BCUT2D eigenvalue weighted by Gasteiger charge is 2.41. The average molecular weight is 486 g/mol. The van der Waals surface area contributed by atoms with Crippen molar-refractivity contribution >= 4 is 27.7 Å².